The Morgan fingerprint density at radius 3 is 2.13 bits per heavy atom. The lowest BCUT2D eigenvalue weighted by Gasteiger charge is -2.37. The first kappa shape index (κ1) is 28.7. The smallest absolute Gasteiger partial charge is 0.244 e. The van der Waals surface area contributed by atoms with Crippen molar-refractivity contribution in [2.75, 3.05) is 37.6 Å². The molecule has 3 aromatic rings. The summed E-state index contributed by atoms with van der Waals surface area (Å²) in [5, 5.41) is 1.36. The highest BCUT2D eigenvalue weighted by molar-refractivity contribution is 7.89. The van der Waals surface area contributed by atoms with E-state index in [-0.39, 0.29) is 23.9 Å². The fraction of sp³-hybridized carbons (Fsp3) is 0.321. The van der Waals surface area contributed by atoms with Crippen molar-refractivity contribution in [2.45, 2.75) is 32.2 Å². The van der Waals surface area contributed by atoms with Crippen molar-refractivity contribution in [1.29, 1.82) is 0 Å². The normalized spacial score (nSPS) is 14.3. The van der Waals surface area contributed by atoms with Crippen LogP contribution in [0.2, 0.25) is 15.1 Å². The van der Waals surface area contributed by atoms with E-state index in [1.807, 2.05) is 43.3 Å². The minimum Gasteiger partial charge on any atom is -0.368 e. The second-order valence-electron chi connectivity index (χ2n) is 9.60. The Balaban J connectivity index is 1.58. The first-order chi connectivity index (χ1) is 18.0. The number of halogens is 3. The molecule has 1 amide bonds. The molecule has 38 heavy (non-hydrogen) atoms. The number of benzene rings is 3. The highest BCUT2D eigenvalue weighted by atomic mass is 35.5. The molecule has 0 bridgehead atoms. The fourth-order valence-corrected chi connectivity index (χ4v) is 7.20. The molecule has 1 fully saturated rings. The zero-order chi connectivity index (χ0) is 27.6. The van der Waals surface area contributed by atoms with Crippen LogP contribution in [0.3, 0.4) is 0 Å². The molecule has 3 aromatic carbocycles. The second-order valence-corrected chi connectivity index (χ2v) is 12.7. The number of aryl methyl sites for hydroxylation is 3. The summed E-state index contributed by atoms with van der Waals surface area (Å²) in [7, 11) is -4.01. The molecule has 0 atom stereocenters. The number of carbonyl (C=O) groups is 1. The lowest BCUT2D eigenvalue weighted by atomic mass is 10.1. The van der Waals surface area contributed by atoms with E-state index in [2.05, 4.69) is 4.90 Å². The van der Waals surface area contributed by atoms with E-state index in [0.29, 0.717) is 57.9 Å². The number of anilines is 1. The van der Waals surface area contributed by atoms with Gasteiger partial charge in [0.1, 0.15) is 0 Å². The number of hydrogen-bond acceptors (Lipinski definition) is 4. The van der Waals surface area contributed by atoms with Crippen molar-refractivity contribution in [1.82, 2.24) is 9.21 Å². The van der Waals surface area contributed by atoms with Crippen molar-refractivity contribution in [3.63, 3.8) is 0 Å². The zero-order valence-electron chi connectivity index (χ0n) is 21.5. The van der Waals surface area contributed by atoms with Crippen molar-refractivity contribution in [2.24, 2.45) is 0 Å². The van der Waals surface area contributed by atoms with Gasteiger partial charge in [0.05, 0.1) is 21.5 Å². The van der Waals surface area contributed by atoms with E-state index in [1.54, 1.807) is 36.9 Å². The average Bonchev–Trinajstić information content (AvgIpc) is 2.85. The summed E-state index contributed by atoms with van der Waals surface area (Å²) in [4.78, 5) is 17.6. The lowest BCUT2D eigenvalue weighted by molar-refractivity contribution is -0.131. The van der Waals surface area contributed by atoms with Gasteiger partial charge in [-0.05, 0) is 67.8 Å². The van der Waals surface area contributed by atoms with Gasteiger partial charge in [-0.25, -0.2) is 8.42 Å². The van der Waals surface area contributed by atoms with Crippen molar-refractivity contribution in [3.8, 4) is 0 Å². The molecule has 10 heteroatoms. The van der Waals surface area contributed by atoms with Crippen molar-refractivity contribution >= 4 is 56.4 Å². The van der Waals surface area contributed by atoms with E-state index < -0.39 is 10.0 Å². The molecule has 0 saturated carbocycles. The van der Waals surface area contributed by atoms with Crippen LogP contribution >= 0.6 is 34.8 Å². The van der Waals surface area contributed by atoms with Gasteiger partial charge in [-0.2, -0.15) is 4.31 Å². The van der Waals surface area contributed by atoms with Crippen LogP contribution < -0.4 is 4.90 Å². The fourth-order valence-electron chi connectivity index (χ4n) is 4.91. The molecule has 6 nitrogen and oxygen atoms in total. The monoisotopic (exact) mass is 593 g/mol. The summed E-state index contributed by atoms with van der Waals surface area (Å²) < 4.78 is 29.2. The zero-order valence-corrected chi connectivity index (χ0v) is 24.6. The third-order valence-electron chi connectivity index (χ3n) is 6.66. The second kappa shape index (κ2) is 11.8. The molecule has 0 aliphatic carbocycles. The summed E-state index contributed by atoms with van der Waals surface area (Å²) in [5.41, 5.74) is 3.90. The largest absolute Gasteiger partial charge is 0.368 e. The van der Waals surface area contributed by atoms with Gasteiger partial charge in [0.15, 0.2) is 0 Å². The maximum atomic E-state index is 14.0. The molecule has 1 aliphatic rings. The number of piperazine rings is 1. The predicted octanol–water partition coefficient (Wildman–Crippen LogP) is 6.11. The van der Waals surface area contributed by atoms with Gasteiger partial charge in [-0.1, -0.05) is 64.6 Å². The number of sulfonamides is 1. The summed E-state index contributed by atoms with van der Waals surface area (Å²) in [5.74, 6) is -0.248. The number of carbonyl (C=O) groups excluding carboxylic acids is 1. The number of rotatable bonds is 7. The first-order valence-corrected chi connectivity index (χ1v) is 14.8. The third-order valence-corrected chi connectivity index (χ3v) is 9.73. The van der Waals surface area contributed by atoms with E-state index >= 15 is 0 Å². The van der Waals surface area contributed by atoms with E-state index in [9.17, 15) is 13.2 Å². The summed E-state index contributed by atoms with van der Waals surface area (Å²) >= 11 is 18.4. The standard InChI is InChI=1S/C28H30Cl3N3O3S/c1-19-13-20(2)28(21(3)14-19)38(36,37)34(17-22-7-8-25(30)26(31)15-22)18-27(35)33-11-9-32(10-12-33)24-6-4-5-23(29)16-24/h4-8,13-16H,9-12,17-18H2,1-3H3. The average molecular weight is 595 g/mol. The molecular weight excluding hydrogens is 565 g/mol. The minimum atomic E-state index is -4.01. The van der Waals surface area contributed by atoms with Crippen LogP contribution in [0, 0.1) is 20.8 Å². The molecule has 1 saturated heterocycles. The Bertz CT molecular complexity index is 1430. The quantitative estimate of drug-likeness (QED) is 0.331. The van der Waals surface area contributed by atoms with Gasteiger partial charge >= 0.3 is 0 Å². The summed E-state index contributed by atoms with van der Waals surface area (Å²) in [6, 6.07) is 16.3. The molecule has 1 aliphatic heterocycles. The van der Waals surface area contributed by atoms with E-state index in [0.717, 1.165) is 11.3 Å². The SMILES string of the molecule is Cc1cc(C)c(S(=O)(=O)N(CC(=O)N2CCN(c3cccc(Cl)c3)CC2)Cc2ccc(Cl)c(Cl)c2)c(C)c1. The third kappa shape index (κ3) is 6.46. The van der Waals surface area contributed by atoms with Gasteiger partial charge in [0.25, 0.3) is 0 Å². The predicted molar refractivity (Wildman–Crippen MR) is 155 cm³/mol. The molecule has 202 valence electrons. The number of amides is 1. The van der Waals surface area contributed by atoms with Gasteiger partial charge in [0.2, 0.25) is 15.9 Å². The summed E-state index contributed by atoms with van der Waals surface area (Å²) in [6.45, 7) is 7.40. The van der Waals surface area contributed by atoms with Gasteiger partial charge < -0.3 is 9.80 Å². The van der Waals surface area contributed by atoms with Gasteiger partial charge in [-0.15, -0.1) is 0 Å². The maximum absolute atomic E-state index is 14.0. The van der Waals surface area contributed by atoms with Crippen molar-refractivity contribution in [3.05, 3.63) is 91.9 Å². The van der Waals surface area contributed by atoms with Crippen LogP contribution in [0.15, 0.2) is 59.5 Å². The Labute approximate surface area is 239 Å². The highest BCUT2D eigenvalue weighted by Gasteiger charge is 2.32. The molecule has 0 N–H and O–H groups in total. The highest BCUT2D eigenvalue weighted by Crippen LogP contribution is 2.29. The maximum Gasteiger partial charge on any atom is 0.244 e. The Morgan fingerprint density at radius 2 is 1.53 bits per heavy atom. The Kier molecular flexibility index (Phi) is 8.95. The minimum absolute atomic E-state index is 0.0137. The molecule has 1 heterocycles. The van der Waals surface area contributed by atoms with Crippen LogP contribution in [-0.2, 0) is 21.4 Å². The summed E-state index contributed by atoms with van der Waals surface area (Å²) in [6.07, 6.45) is 0. The van der Waals surface area contributed by atoms with Crippen LogP contribution in [0.4, 0.5) is 5.69 Å². The van der Waals surface area contributed by atoms with E-state index in [4.69, 9.17) is 34.8 Å². The number of nitrogens with zero attached hydrogens (tertiary/aromatic N) is 3. The van der Waals surface area contributed by atoms with Gasteiger partial charge in [-0.3, -0.25) is 4.79 Å². The van der Waals surface area contributed by atoms with Crippen LogP contribution in [0.1, 0.15) is 22.3 Å². The lowest BCUT2D eigenvalue weighted by Crippen LogP contribution is -2.51. The molecule has 0 radical (unpaired) electrons. The number of hydrogen-bond donors (Lipinski definition) is 0. The van der Waals surface area contributed by atoms with Crippen LogP contribution in [0.5, 0.6) is 0 Å². The molecule has 0 unspecified atom stereocenters. The van der Waals surface area contributed by atoms with Crippen molar-refractivity contribution < 1.29 is 13.2 Å². The van der Waals surface area contributed by atoms with Gasteiger partial charge in [0, 0.05) is 43.4 Å². The van der Waals surface area contributed by atoms with E-state index in [1.165, 1.54) is 4.31 Å². The van der Waals surface area contributed by atoms with Crippen LogP contribution in [-0.4, -0.2) is 56.3 Å². The first-order valence-electron chi connectivity index (χ1n) is 12.3. The van der Waals surface area contributed by atoms with Crippen LogP contribution in [0.25, 0.3) is 0 Å². The molecule has 0 aromatic heterocycles. The molecule has 4 rings (SSSR count). The Morgan fingerprint density at radius 1 is 0.868 bits per heavy atom. The molecule has 0 spiro atoms. The Hall–Kier alpha value is -2.29. The molecular formula is C28H30Cl3N3O3S. The topological polar surface area (TPSA) is 60.9 Å².